The summed E-state index contributed by atoms with van der Waals surface area (Å²) in [5.74, 6) is -0.590. The lowest BCUT2D eigenvalue weighted by molar-refractivity contribution is -0.117. The lowest BCUT2D eigenvalue weighted by Gasteiger charge is -2.03. The number of carbonyl (C=O) groups excluding carboxylic acids is 2. The number of hydrogen-bond donors (Lipinski definition) is 2. The number of nitrogens with two attached hydrogens (primary N) is 1. The lowest BCUT2D eigenvalue weighted by Crippen LogP contribution is -2.33. The molecule has 0 spiro atoms. The number of ether oxygens (including phenoxy) is 1. The van der Waals surface area contributed by atoms with Gasteiger partial charge in [-0.2, -0.15) is 0 Å². The van der Waals surface area contributed by atoms with Gasteiger partial charge in [0.25, 0.3) is 0 Å². The van der Waals surface area contributed by atoms with Gasteiger partial charge in [0.2, 0.25) is 5.91 Å². The van der Waals surface area contributed by atoms with Gasteiger partial charge in [-0.1, -0.05) is 19.1 Å². The Morgan fingerprint density at radius 3 is 2.71 bits per heavy atom. The summed E-state index contributed by atoms with van der Waals surface area (Å²) in [4.78, 5) is 21.1. The van der Waals surface area contributed by atoms with Crippen LogP contribution in [0.2, 0.25) is 0 Å². The van der Waals surface area contributed by atoms with Gasteiger partial charge in [0.05, 0.1) is 13.2 Å². The summed E-state index contributed by atoms with van der Waals surface area (Å²) in [6, 6.07) is 0. The molecule has 0 saturated carbocycles. The zero-order chi connectivity index (χ0) is 10.8. The van der Waals surface area contributed by atoms with Gasteiger partial charge < -0.3 is 15.8 Å². The van der Waals surface area contributed by atoms with E-state index >= 15 is 0 Å². The van der Waals surface area contributed by atoms with Gasteiger partial charge in [-0.15, -0.1) is 0 Å². The first kappa shape index (κ1) is 12.5. The van der Waals surface area contributed by atoms with Crippen LogP contribution >= 0.6 is 0 Å². The van der Waals surface area contributed by atoms with Crippen molar-refractivity contribution < 1.29 is 14.3 Å². The van der Waals surface area contributed by atoms with Crippen LogP contribution in [0.4, 0.5) is 4.79 Å². The third-order valence-corrected chi connectivity index (χ3v) is 1.33. The molecule has 2 amide bonds. The molecule has 0 aromatic rings. The Balaban J connectivity index is 3.35. The molecule has 0 aliphatic rings. The number of amides is 2. The van der Waals surface area contributed by atoms with E-state index in [0.29, 0.717) is 13.0 Å². The van der Waals surface area contributed by atoms with E-state index in [9.17, 15) is 9.59 Å². The largest absolute Gasteiger partial charge is 0.449 e. The van der Waals surface area contributed by atoms with E-state index in [2.05, 4.69) is 5.32 Å². The van der Waals surface area contributed by atoms with E-state index in [1.54, 1.807) is 0 Å². The minimum atomic E-state index is -0.617. The van der Waals surface area contributed by atoms with Gasteiger partial charge in [-0.05, 0) is 12.8 Å². The van der Waals surface area contributed by atoms with Crippen molar-refractivity contribution in [3.8, 4) is 0 Å². The zero-order valence-corrected chi connectivity index (χ0v) is 8.29. The number of nitrogens with one attached hydrogen (secondary N) is 1. The monoisotopic (exact) mass is 200 g/mol. The highest BCUT2D eigenvalue weighted by Gasteiger charge is 2.01. The zero-order valence-electron chi connectivity index (χ0n) is 8.29. The van der Waals surface area contributed by atoms with Crippen molar-refractivity contribution in [2.75, 3.05) is 13.2 Å². The SMILES string of the molecule is CC/C=C/CCOC(=O)NCC(N)=O. The quantitative estimate of drug-likeness (QED) is 0.485. The second kappa shape index (κ2) is 8.10. The Morgan fingerprint density at radius 2 is 2.14 bits per heavy atom. The Hall–Kier alpha value is -1.52. The van der Waals surface area contributed by atoms with Crippen LogP contribution < -0.4 is 11.1 Å². The molecule has 0 aliphatic carbocycles. The standard InChI is InChI=1S/C9H16N2O3/c1-2-3-4-5-6-14-9(13)11-7-8(10)12/h3-4H,2,5-7H2,1H3,(H2,10,12)(H,11,13)/b4-3+. The molecule has 0 rings (SSSR count). The second-order valence-electron chi connectivity index (χ2n) is 2.62. The highest BCUT2D eigenvalue weighted by atomic mass is 16.5. The Morgan fingerprint density at radius 1 is 1.43 bits per heavy atom. The minimum Gasteiger partial charge on any atom is -0.449 e. The molecule has 14 heavy (non-hydrogen) atoms. The molecule has 0 bridgehead atoms. The number of rotatable bonds is 6. The maximum Gasteiger partial charge on any atom is 0.407 e. The van der Waals surface area contributed by atoms with Crippen molar-refractivity contribution in [1.29, 1.82) is 0 Å². The first-order valence-electron chi connectivity index (χ1n) is 4.50. The van der Waals surface area contributed by atoms with Crippen LogP contribution in [0.1, 0.15) is 19.8 Å². The molecule has 80 valence electrons. The fourth-order valence-electron chi connectivity index (χ4n) is 0.714. The summed E-state index contributed by atoms with van der Waals surface area (Å²) in [5, 5.41) is 2.21. The van der Waals surface area contributed by atoms with E-state index in [-0.39, 0.29) is 6.54 Å². The van der Waals surface area contributed by atoms with Crippen LogP contribution in [0.25, 0.3) is 0 Å². The van der Waals surface area contributed by atoms with Crippen molar-refractivity contribution in [3.05, 3.63) is 12.2 Å². The predicted molar refractivity (Wildman–Crippen MR) is 52.6 cm³/mol. The summed E-state index contributed by atoms with van der Waals surface area (Å²) in [5.41, 5.74) is 4.81. The molecule has 3 N–H and O–H groups in total. The highest BCUT2D eigenvalue weighted by molar-refractivity contribution is 5.80. The van der Waals surface area contributed by atoms with Crippen molar-refractivity contribution in [2.45, 2.75) is 19.8 Å². The van der Waals surface area contributed by atoms with Crippen molar-refractivity contribution in [3.63, 3.8) is 0 Å². The minimum absolute atomic E-state index is 0.191. The molecular weight excluding hydrogens is 184 g/mol. The molecule has 0 aliphatic heterocycles. The second-order valence-corrected chi connectivity index (χ2v) is 2.62. The number of primary amides is 1. The molecule has 5 heteroatoms. The van der Waals surface area contributed by atoms with Gasteiger partial charge >= 0.3 is 6.09 Å². The van der Waals surface area contributed by atoms with Gasteiger partial charge in [-0.25, -0.2) is 4.79 Å². The van der Waals surface area contributed by atoms with Gasteiger partial charge in [-0.3, -0.25) is 4.79 Å². The van der Waals surface area contributed by atoms with Crippen LogP contribution in [-0.4, -0.2) is 25.2 Å². The third-order valence-electron chi connectivity index (χ3n) is 1.33. The molecular formula is C9H16N2O3. The third kappa shape index (κ3) is 8.58. The van der Waals surface area contributed by atoms with Crippen molar-refractivity contribution in [2.24, 2.45) is 5.73 Å². The van der Waals surface area contributed by atoms with Gasteiger partial charge in [0.15, 0.2) is 0 Å². The predicted octanol–water partition coefficient (Wildman–Crippen LogP) is 0.554. The van der Waals surface area contributed by atoms with Crippen LogP contribution in [0.5, 0.6) is 0 Å². The fraction of sp³-hybridized carbons (Fsp3) is 0.556. The maximum absolute atomic E-state index is 10.8. The topological polar surface area (TPSA) is 81.4 Å². The first-order valence-corrected chi connectivity index (χ1v) is 4.50. The average molecular weight is 200 g/mol. The van der Waals surface area contributed by atoms with E-state index in [1.165, 1.54) is 0 Å². The highest BCUT2D eigenvalue weighted by Crippen LogP contribution is 1.88. The maximum atomic E-state index is 10.8. The summed E-state index contributed by atoms with van der Waals surface area (Å²) < 4.78 is 4.73. The number of allylic oxidation sites excluding steroid dienone is 1. The number of hydrogen-bond acceptors (Lipinski definition) is 3. The molecule has 0 aromatic heterocycles. The van der Waals surface area contributed by atoms with E-state index in [1.807, 2.05) is 19.1 Å². The van der Waals surface area contributed by atoms with E-state index in [4.69, 9.17) is 10.5 Å². The van der Waals surface area contributed by atoms with Crippen LogP contribution in [0.3, 0.4) is 0 Å². The first-order chi connectivity index (χ1) is 6.66. The molecule has 0 saturated heterocycles. The normalized spacial score (nSPS) is 10.1. The van der Waals surface area contributed by atoms with Gasteiger partial charge in [0, 0.05) is 0 Å². The summed E-state index contributed by atoms with van der Waals surface area (Å²) in [6.45, 7) is 2.14. The summed E-state index contributed by atoms with van der Waals surface area (Å²) in [7, 11) is 0. The van der Waals surface area contributed by atoms with Crippen molar-refractivity contribution >= 4 is 12.0 Å². The number of carbonyl (C=O) groups is 2. The summed E-state index contributed by atoms with van der Waals surface area (Å²) >= 11 is 0. The summed E-state index contributed by atoms with van der Waals surface area (Å²) in [6.07, 6.45) is 4.95. The van der Waals surface area contributed by atoms with Gasteiger partial charge in [0.1, 0.15) is 0 Å². The Kier molecular flexibility index (Phi) is 7.22. The molecule has 0 radical (unpaired) electrons. The van der Waals surface area contributed by atoms with Crippen LogP contribution in [0, 0.1) is 0 Å². The Labute approximate surface area is 83.3 Å². The fourth-order valence-corrected chi connectivity index (χ4v) is 0.714. The number of alkyl carbamates (subject to hydrolysis) is 1. The van der Waals surface area contributed by atoms with Crippen LogP contribution in [0.15, 0.2) is 12.2 Å². The molecule has 0 heterocycles. The van der Waals surface area contributed by atoms with E-state index < -0.39 is 12.0 Å². The molecule has 0 aromatic carbocycles. The molecule has 0 unspecified atom stereocenters. The average Bonchev–Trinajstić information content (AvgIpc) is 2.14. The molecule has 5 nitrogen and oxygen atoms in total. The van der Waals surface area contributed by atoms with Crippen LogP contribution in [-0.2, 0) is 9.53 Å². The smallest absolute Gasteiger partial charge is 0.407 e. The Bertz CT molecular complexity index is 214. The lowest BCUT2D eigenvalue weighted by atomic mass is 10.3. The van der Waals surface area contributed by atoms with Crippen molar-refractivity contribution in [1.82, 2.24) is 5.32 Å². The van der Waals surface area contributed by atoms with E-state index in [0.717, 1.165) is 6.42 Å². The molecule has 0 atom stereocenters. The molecule has 0 fully saturated rings.